The average Bonchev–Trinajstić information content (AvgIpc) is 4.13. The number of hydrogen-bond acceptors (Lipinski definition) is 20. The van der Waals surface area contributed by atoms with E-state index in [4.69, 9.17) is 15.0 Å². The summed E-state index contributed by atoms with van der Waals surface area (Å²) in [6.07, 6.45) is 18.8. The first-order valence-corrected chi connectivity index (χ1v) is 31.9. The first-order valence-electron chi connectivity index (χ1n) is 26.6. The molecule has 6 aromatic rings. The highest BCUT2D eigenvalue weighted by atomic mass is 79.9. The molecule has 22 nitrogen and oxygen atoms in total. The van der Waals surface area contributed by atoms with E-state index in [1.165, 1.54) is 41.9 Å². The standard InChI is InChI=1S/C25H34N8O2S2.C24H31BrN8O2S2.CH5BO2/c1-20-3-4-22(27-15-20)25(5-6-25)33-19-26-16-21(33)18-30-9-13-32(14-10-30)37(34,35)23-17-28-24(36-23)31-11-7-29(2)8-12-31;1-29-6-10-31(11-7-29)23-28-16-22(36-23)37(34,35)32-12-8-30(9-13-32)17-20-15-26-18-33(20)24(4-5-24)21-3-2-19(25)14-27-21;1-2(3)4/h3-4,15-17,19H,5-14,18H2,1-2H3;2-3,14-16,18H,4-13,17H2,1H3;3-4H,1H3. The molecule has 0 radical (unpaired) electrons. The molecule has 6 fully saturated rings. The lowest BCUT2D eigenvalue weighted by molar-refractivity contribution is 0.177. The molecule has 10 heterocycles. The average molecular weight is 1210 g/mol. The fraction of sp³-hybridized carbons (Fsp3) is 0.560. The Balaban J connectivity index is 0.000000165. The van der Waals surface area contributed by atoms with Crippen molar-refractivity contribution in [1.82, 2.24) is 67.2 Å². The topological polar surface area (TPSA) is 222 Å². The van der Waals surface area contributed by atoms with Crippen LogP contribution in [-0.2, 0) is 44.2 Å². The van der Waals surface area contributed by atoms with E-state index >= 15 is 0 Å². The number of nitrogens with zero attached hydrogens (tertiary/aromatic N) is 16. The number of aromatic nitrogens is 8. The number of anilines is 2. The lowest BCUT2D eigenvalue weighted by atomic mass is 9.99. The zero-order valence-corrected chi connectivity index (χ0v) is 49.6. The zero-order chi connectivity index (χ0) is 54.8. The van der Waals surface area contributed by atoms with Crippen LogP contribution in [0.15, 0.2) is 87.0 Å². The normalized spacial score (nSPS) is 20.7. The number of imidazole rings is 2. The molecule has 0 aromatic carbocycles. The molecule has 4 aliphatic heterocycles. The van der Waals surface area contributed by atoms with Crippen LogP contribution in [0.3, 0.4) is 0 Å². The van der Waals surface area contributed by atoms with Crippen LogP contribution in [0.25, 0.3) is 0 Å². The number of sulfonamides is 2. The van der Waals surface area contributed by atoms with Gasteiger partial charge in [-0.25, -0.2) is 36.8 Å². The summed E-state index contributed by atoms with van der Waals surface area (Å²) in [4.78, 5) is 40.8. The molecule has 0 atom stereocenters. The first kappa shape index (κ1) is 57.0. The van der Waals surface area contributed by atoms with Crippen molar-refractivity contribution in [2.45, 2.75) is 72.0 Å². The van der Waals surface area contributed by atoms with Crippen LogP contribution in [-0.4, -0.2) is 220 Å². The number of likely N-dealkylation sites (N-methyl/N-ethyl adjacent to an activating group) is 2. The molecule has 6 aromatic heterocycles. The fourth-order valence-corrected chi connectivity index (χ4v) is 16.2. The summed E-state index contributed by atoms with van der Waals surface area (Å²) >= 11 is 6.06. The highest BCUT2D eigenvalue weighted by molar-refractivity contribution is 9.10. The van der Waals surface area contributed by atoms with E-state index in [1.807, 2.05) is 43.5 Å². The largest absolute Gasteiger partial charge is 0.448 e. The number of pyridine rings is 2. The van der Waals surface area contributed by atoms with Gasteiger partial charge in [-0.1, -0.05) is 28.7 Å². The summed E-state index contributed by atoms with van der Waals surface area (Å²) in [6, 6.07) is 8.37. The Labute approximate surface area is 474 Å². The molecule has 0 unspecified atom stereocenters. The van der Waals surface area contributed by atoms with Crippen LogP contribution in [0.5, 0.6) is 0 Å². The van der Waals surface area contributed by atoms with E-state index in [0.717, 1.165) is 134 Å². The maximum absolute atomic E-state index is 13.4. The molecular weight excluding hydrogens is 1140 g/mol. The molecule has 12 rings (SSSR count). The number of hydrogen-bond donors (Lipinski definition) is 2. The third kappa shape index (κ3) is 12.7. The van der Waals surface area contributed by atoms with Gasteiger partial charge in [0.05, 0.1) is 58.9 Å². The molecule has 2 saturated carbocycles. The van der Waals surface area contributed by atoms with Gasteiger partial charge in [0, 0.05) is 147 Å². The van der Waals surface area contributed by atoms with Crippen molar-refractivity contribution in [2.24, 2.45) is 0 Å². The van der Waals surface area contributed by atoms with Crippen molar-refractivity contribution < 1.29 is 26.9 Å². The van der Waals surface area contributed by atoms with E-state index < -0.39 is 27.2 Å². The van der Waals surface area contributed by atoms with Gasteiger partial charge < -0.3 is 38.8 Å². The minimum atomic E-state index is -3.54. The third-order valence-electron chi connectivity index (χ3n) is 15.5. The molecular formula is C50H70BBrN16O6S4. The van der Waals surface area contributed by atoms with E-state index in [1.54, 1.807) is 8.61 Å². The lowest BCUT2D eigenvalue weighted by Crippen LogP contribution is -2.48. The number of aryl methyl sites for hydroxylation is 1. The van der Waals surface area contributed by atoms with E-state index in [9.17, 15) is 16.8 Å². The first-order chi connectivity index (χ1) is 37.4. The Morgan fingerprint density at radius 1 is 0.551 bits per heavy atom. The second-order valence-electron chi connectivity index (χ2n) is 21.2. The Kier molecular flexibility index (Phi) is 17.6. The quantitative estimate of drug-likeness (QED) is 0.150. The van der Waals surface area contributed by atoms with Crippen LogP contribution in [0.2, 0.25) is 6.82 Å². The van der Waals surface area contributed by atoms with Crippen molar-refractivity contribution in [1.29, 1.82) is 0 Å². The smallest absolute Gasteiger partial charge is 0.427 e. The third-order valence-corrected chi connectivity index (χ3v) is 22.8. The van der Waals surface area contributed by atoms with Gasteiger partial charge in [0.2, 0.25) is 0 Å². The second-order valence-corrected chi connectivity index (χ2v) is 28.4. The Morgan fingerprint density at radius 2 is 0.949 bits per heavy atom. The fourth-order valence-electron chi connectivity index (χ4n) is 10.5. The monoisotopic (exact) mass is 1210 g/mol. The summed E-state index contributed by atoms with van der Waals surface area (Å²) in [5, 5.41) is 16.8. The number of piperazine rings is 4. The predicted octanol–water partition coefficient (Wildman–Crippen LogP) is 3.22. The Morgan fingerprint density at radius 3 is 1.31 bits per heavy atom. The highest BCUT2D eigenvalue weighted by Crippen LogP contribution is 2.50. The van der Waals surface area contributed by atoms with Gasteiger partial charge >= 0.3 is 7.12 Å². The molecule has 2 N–H and O–H groups in total. The molecule has 420 valence electrons. The summed E-state index contributed by atoms with van der Waals surface area (Å²) in [7, 11) is -4.04. The van der Waals surface area contributed by atoms with Gasteiger partial charge in [0.1, 0.15) is 0 Å². The zero-order valence-electron chi connectivity index (χ0n) is 44.8. The van der Waals surface area contributed by atoms with Crippen molar-refractivity contribution in [2.75, 3.05) is 129 Å². The van der Waals surface area contributed by atoms with E-state index in [-0.39, 0.29) is 11.1 Å². The summed E-state index contributed by atoms with van der Waals surface area (Å²) in [5.74, 6) is 0. The van der Waals surface area contributed by atoms with Crippen LogP contribution in [0.4, 0.5) is 10.3 Å². The SMILES string of the molecule is CB(O)O.CN1CCN(c2ncc(S(=O)(=O)N3CCN(Cc4cncn4C4(c5ccc(Br)cn5)CC4)CC3)s2)CC1.Cc1ccc(C2(n3cncc3CN3CCN(S(=O)(=O)c4cnc(N5CCN(C)CC5)s4)CC3)CC2)nc1. The van der Waals surface area contributed by atoms with Gasteiger partial charge in [0.15, 0.2) is 18.7 Å². The number of thiazole rings is 2. The van der Waals surface area contributed by atoms with Gasteiger partial charge in [-0.3, -0.25) is 19.8 Å². The maximum atomic E-state index is 13.4. The molecule has 0 amide bonds. The molecule has 2 aliphatic carbocycles. The van der Waals surface area contributed by atoms with Crippen LogP contribution < -0.4 is 9.80 Å². The van der Waals surface area contributed by atoms with Crippen molar-refractivity contribution >= 4 is 76.0 Å². The minimum absolute atomic E-state index is 0.0989. The van der Waals surface area contributed by atoms with E-state index in [0.29, 0.717) is 60.8 Å². The summed E-state index contributed by atoms with van der Waals surface area (Å²) in [6.45, 7) is 16.8. The number of rotatable bonds is 14. The number of halogens is 1. The maximum Gasteiger partial charge on any atom is 0.448 e. The van der Waals surface area contributed by atoms with Crippen molar-refractivity contribution in [3.8, 4) is 0 Å². The van der Waals surface area contributed by atoms with Gasteiger partial charge in [-0.05, 0) is 93.2 Å². The Bertz CT molecular complexity index is 2950. The van der Waals surface area contributed by atoms with Gasteiger partial charge in [-0.2, -0.15) is 8.61 Å². The minimum Gasteiger partial charge on any atom is -0.427 e. The lowest BCUT2D eigenvalue weighted by Gasteiger charge is -2.34. The molecule has 0 bridgehead atoms. The van der Waals surface area contributed by atoms with Crippen molar-refractivity contribution in [3.05, 3.63) is 107 Å². The molecule has 6 aliphatic rings. The summed E-state index contributed by atoms with van der Waals surface area (Å²) < 4.78 is 62.9. The van der Waals surface area contributed by atoms with Crippen LogP contribution in [0, 0.1) is 6.92 Å². The molecule has 0 spiro atoms. The molecule has 78 heavy (non-hydrogen) atoms. The summed E-state index contributed by atoms with van der Waals surface area (Å²) in [5.41, 5.74) is 5.38. The van der Waals surface area contributed by atoms with Crippen LogP contribution in [0.1, 0.15) is 54.0 Å². The molecule has 4 saturated heterocycles. The predicted molar refractivity (Wildman–Crippen MR) is 306 cm³/mol. The van der Waals surface area contributed by atoms with Gasteiger partial charge in [0.25, 0.3) is 20.0 Å². The molecule has 28 heteroatoms. The Hall–Kier alpha value is -4.30. The van der Waals surface area contributed by atoms with Gasteiger partial charge in [-0.15, -0.1) is 0 Å². The van der Waals surface area contributed by atoms with E-state index in [2.05, 4.69) is 119 Å². The van der Waals surface area contributed by atoms with Crippen LogP contribution >= 0.6 is 38.6 Å². The van der Waals surface area contributed by atoms with Crippen molar-refractivity contribution in [3.63, 3.8) is 0 Å². The highest BCUT2D eigenvalue weighted by Gasteiger charge is 2.50. The second kappa shape index (κ2) is 24.0.